The third kappa shape index (κ3) is 12.0. The lowest BCUT2D eigenvalue weighted by Crippen LogP contribution is -2.26. The Hall–Kier alpha value is -5.19. The lowest BCUT2D eigenvalue weighted by molar-refractivity contribution is -0.204. The number of esters is 2. The molecule has 1 saturated heterocycles. The molecule has 1 fully saturated rings. The number of carbonyl (C=O) groups excluding carboxylic acids is 2. The fourth-order valence-corrected chi connectivity index (χ4v) is 5.57. The Bertz CT molecular complexity index is 1620. The van der Waals surface area contributed by atoms with E-state index in [0.717, 1.165) is 25.7 Å². The van der Waals surface area contributed by atoms with Crippen molar-refractivity contribution in [3.05, 3.63) is 78.6 Å². The van der Waals surface area contributed by atoms with Gasteiger partial charge in [0, 0.05) is 17.7 Å². The van der Waals surface area contributed by atoms with Gasteiger partial charge in [-0.3, -0.25) is 9.59 Å². The third-order valence-corrected chi connectivity index (χ3v) is 8.89. The summed E-state index contributed by atoms with van der Waals surface area (Å²) in [6, 6.07) is 19.2. The molecule has 1 aromatic heterocycles. The van der Waals surface area contributed by atoms with Crippen LogP contribution in [-0.4, -0.2) is 50.3 Å². The van der Waals surface area contributed by atoms with E-state index in [0.29, 0.717) is 64.9 Å². The average Bonchev–Trinajstić information content (AvgIpc) is 3.15. The molecule has 3 aromatic carbocycles. The molecule has 0 spiro atoms. The summed E-state index contributed by atoms with van der Waals surface area (Å²) < 4.78 is 21.6. The maximum Gasteiger partial charge on any atom is 0.320 e. The molecule has 11 heteroatoms. The minimum atomic E-state index is -0.884. The number of phenols is 2. The van der Waals surface area contributed by atoms with Crippen molar-refractivity contribution in [2.24, 2.45) is 11.8 Å². The van der Waals surface area contributed by atoms with E-state index in [2.05, 4.69) is 42.6 Å². The topological polar surface area (TPSA) is 150 Å². The quantitative estimate of drug-likeness (QED) is 0.0797. The first-order valence-corrected chi connectivity index (χ1v) is 18.3. The number of hydrogen-bond acceptors (Lipinski definition) is 11. The lowest BCUT2D eigenvalue weighted by atomic mass is 10.0. The first-order valence-electron chi connectivity index (χ1n) is 18.3. The van der Waals surface area contributed by atoms with Crippen molar-refractivity contribution >= 4 is 11.9 Å². The van der Waals surface area contributed by atoms with Gasteiger partial charge in [0.25, 0.3) is 6.29 Å². The monoisotopic (exact) mass is 713 g/mol. The van der Waals surface area contributed by atoms with E-state index >= 15 is 0 Å². The van der Waals surface area contributed by atoms with Crippen molar-refractivity contribution in [2.75, 3.05) is 13.2 Å². The number of aromatic nitrogens is 3. The maximum atomic E-state index is 10.9. The van der Waals surface area contributed by atoms with Gasteiger partial charge in [0.15, 0.2) is 11.6 Å². The van der Waals surface area contributed by atoms with Gasteiger partial charge in [-0.05, 0) is 48.9 Å². The van der Waals surface area contributed by atoms with Crippen LogP contribution in [0.2, 0.25) is 0 Å². The van der Waals surface area contributed by atoms with Gasteiger partial charge in [-0.25, -0.2) is 15.0 Å². The van der Waals surface area contributed by atoms with Crippen LogP contribution in [0.5, 0.6) is 23.0 Å². The molecule has 11 nitrogen and oxygen atoms in total. The standard InChI is InChI=1S/C31H43N3O4.C10H8O4/c1-5-9-11-22(7-3)19-37-24-13-15-26(28(35)17-24)30-32-21-33-31(34-30)27-16-14-25(18-29(27)36)38-20-23(8-4)12-10-6-2;11-8-6-9(12)14-10(13-8)7-4-2-1-3-5-7/h13-18,21-23,35-36H,5-12,19-20H2,1-4H3;1-5,10H,6H2. The highest BCUT2D eigenvalue weighted by molar-refractivity contribution is 5.92. The van der Waals surface area contributed by atoms with Crippen molar-refractivity contribution < 1.29 is 38.7 Å². The minimum absolute atomic E-state index is 0.0303. The Morgan fingerprint density at radius 3 is 1.62 bits per heavy atom. The molecule has 0 bridgehead atoms. The minimum Gasteiger partial charge on any atom is -0.507 e. The van der Waals surface area contributed by atoms with Crippen LogP contribution >= 0.6 is 0 Å². The van der Waals surface area contributed by atoms with Gasteiger partial charge in [0.05, 0.1) is 24.3 Å². The summed E-state index contributed by atoms with van der Waals surface area (Å²) in [5.74, 6) is 1.83. The molecule has 52 heavy (non-hydrogen) atoms. The van der Waals surface area contributed by atoms with Gasteiger partial charge in [-0.1, -0.05) is 96.6 Å². The van der Waals surface area contributed by atoms with E-state index in [1.54, 1.807) is 48.5 Å². The number of rotatable bonds is 17. The molecule has 2 heterocycles. The van der Waals surface area contributed by atoms with Gasteiger partial charge in [0.1, 0.15) is 35.7 Å². The molecule has 0 aliphatic carbocycles. The second-order valence-electron chi connectivity index (χ2n) is 12.8. The molecule has 1 aliphatic heterocycles. The van der Waals surface area contributed by atoms with Gasteiger partial charge < -0.3 is 29.2 Å². The molecular formula is C41H51N3O8. The van der Waals surface area contributed by atoms with Crippen LogP contribution in [0.3, 0.4) is 0 Å². The molecule has 1 aliphatic rings. The molecule has 2 N–H and O–H groups in total. The highest BCUT2D eigenvalue weighted by Crippen LogP contribution is 2.34. The zero-order valence-corrected chi connectivity index (χ0v) is 30.6. The summed E-state index contributed by atoms with van der Waals surface area (Å²) in [7, 11) is 0. The van der Waals surface area contributed by atoms with Crippen LogP contribution in [0.15, 0.2) is 73.1 Å². The number of unbranched alkanes of at least 4 members (excludes halogenated alkanes) is 2. The van der Waals surface area contributed by atoms with E-state index in [1.165, 1.54) is 32.0 Å². The van der Waals surface area contributed by atoms with Gasteiger partial charge in [-0.2, -0.15) is 0 Å². The Morgan fingerprint density at radius 2 is 1.19 bits per heavy atom. The zero-order chi connectivity index (χ0) is 37.3. The SMILES string of the molecule is CCCCC(CC)COc1ccc(-c2ncnc(-c3ccc(OCC(CC)CCCC)cc3O)n2)c(O)c1.O=C1CC(=O)OC(c2ccccc2)O1. The largest absolute Gasteiger partial charge is 0.507 e. The molecule has 5 rings (SSSR count). The molecule has 278 valence electrons. The normalized spacial score (nSPS) is 14.0. The summed E-state index contributed by atoms with van der Waals surface area (Å²) in [4.78, 5) is 34.9. The number of carbonyl (C=O) groups is 2. The number of ether oxygens (including phenoxy) is 4. The summed E-state index contributed by atoms with van der Waals surface area (Å²) in [6.45, 7) is 10.00. The van der Waals surface area contributed by atoms with Crippen LogP contribution in [0.4, 0.5) is 0 Å². The number of hydrogen-bond donors (Lipinski definition) is 2. The number of cyclic esters (lactones) is 2. The molecule has 4 aromatic rings. The van der Waals surface area contributed by atoms with Crippen molar-refractivity contribution in [1.82, 2.24) is 15.0 Å². The number of benzene rings is 3. The first-order chi connectivity index (χ1) is 25.2. The molecule has 2 atom stereocenters. The Morgan fingerprint density at radius 1 is 0.712 bits per heavy atom. The molecule has 0 amide bonds. The molecule has 0 saturated carbocycles. The fraction of sp³-hybridized carbons (Fsp3) is 0.439. The van der Waals surface area contributed by atoms with Crippen molar-refractivity contribution in [1.29, 1.82) is 0 Å². The van der Waals surface area contributed by atoms with Crippen LogP contribution in [0.25, 0.3) is 22.8 Å². The van der Waals surface area contributed by atoms with E-state index < -0.39 is 18.2 Å². The van der Waals surface area contributed by atoms with Crippen LogP contribution in [-0.2, 0) is 19.1 Å². The number of aromatic hydroxyl groups is 2. The zero-order valence-electron chi connectivity index (χ0n) is 30.6. The Balaban J connectivity index is 0.000000358. The second kappa shape index (κ2) is 20.6. The molecular weight excluding hydrogens is 662 g/mol. The first kappa shape index (κ1) is 39.6. The van der Waals surface area contributed by atoms with E-state index in [-0.39, 0.29) is 17.9 Å². The molecule has 2 unspecified atom stereocenters. The Kier molecular flexibility index (Phi) is 15.7. The Labute approximate surface area is 306 Å². The van der Waals surface area contributed by atoms with Crippen molar-refractivity contribution in [3.63, 3.8) is 0 Å². The summed E-state index contributed by atoms with van der Waals surface area (Å²) in [5.41, 5.74) is 1.60. The highest BCUT2D eigenvalue weighted by atomic mass is 16.7. The van der Waals surface area contributed by atoms with Crippen LogP contribution < -0.4 is 9.47 Å². The second-order valence-corrected chi connectivity index (χ2v) is 12.8. The number of phenolic OH excluding ortho intramolecular Hbond substituents is 2. The molecule has 0 radical (unpaired) electrons. The summed E-state index contributed by atoms with van der Waals surface area (Å²) >= 11 is 0. The van der Waals surface area contributed by atoms with Gasteiger partial charge in [-0.15, -0.1) is 0 Å². The van der Waals surface area contributed by atoms with Gasteiger partial charge >= 0.3 is 11.9 Å². The van der Waals surface area contributed by atoms with Crippen molar-refractivity contribution in [2.45, 2.75) is 91.8 Å². The lowest BCUT2D eigenvalue weighted by Gasteiger charge is -2.22. The summed E-state index contributed by atoms with van der Waals surface area (Å²) in [5, 5.41) is 21.4. The maximum absolute atomic E-state index is 10.9. The third-order valence-electron chi connectivity index (χ3n) is 8.89. The summed E-state index contributed by atoms with van der Waals surface area (Å²) in [6.07, 6.45) is 9.34. The highest BCUT2D eigenvalue weighted by Gasteiger charge is 2.28. The van der Waals surface area contributed by atoms with Crippen molar-refractivity contribution in [3.8, 4) is 45.8 Å². The van der Waals surface area contributed by atoms with Crippen LogP contribution in [0, 0.1) is 11.8 Å². The average molecular weight is 714 g/mol. The predicted octanol–water partition coefficient (Wildman–Crippen LogP) is 8.98. The van der Waals surface area contributed by atoms with E-state index in [1.807, 2.05) is 18.2 Å². The predicted molar refractivity (Wildman–Crippen MR) is 198 cm³/mol. The van der Waals surface area contributed by atoms with E-state index in [4.69, 9.17) is 18.9 Å². The van der Waals surface area contributed by atoms with Crippen LogP contribution in [0.1, 0.15) is 97.3 Å². The van der Waals surface area contributed by atoms with Gasteiger partial charge in [0.2, 0.25) is 0 Å². The fourth-order valence-electron chi connectivity index (χ4n) is 5.57. The number of nitrogens with zero attached hydrogens (tertiary/aromatic N) is 3. The smallest absolute Gasteiger partial charge is 0.320 e. The van der Waals surface area contributed by atoms with E-state index in [9.17, 15) is 19.8 Å².